The molecule has 1 aromatic rings. The van der Waals surface area contributed by atoms with Gasteiger partial charge in [0.25, 0.3) is 0 Å². The van der Waals surface area contributed by atoms with E-state index in [0.717, 1.165) is 5.69 Å². The van der Waals surface area contributed by atoms with Gasteiger partial charge in [0.2, 0.25) is 0 Å². The quantitative estimate of drug-likeness (QED) is 0.650. The third-order valence-corrected chi connectivity index (χ3v) is 0.950. The van der Waals surface area contributed by atoms with Crippen LogP contribution in [-0.2, 0) is 0 Å². The molecule has 0 amide bonds. The number of hydrogen-bond donors (Lipinski definition) is 0. The fraction of sp³-hybridized carbons (Fsp3) is 0. The number of hydrogen-bond acceptors (Lipinski definition) is 2. The van der Waals surface area contributed by atoms with E-state index in [0.29, 0.717) is 0 Å². The van der Waals surface area contributed by atoms with Gasteiger partial charge in [0.05, 0.1) is 0 Å². The highest BCUT2D eigenvalue weighted by Crippen LogP contribution is 1.98. The summed E-state index contributed by atoms with van der Waals surface area (Å²) in [6, 6.07) is 0. The third-order valence-electron chi connectivity index (χ3n) is 0.685. The van der Waals surface area contributed by atoms with Gasteiger partial charge in [0.1, 0.15) is 12.0 Å². The second-order valence-electron chi connectivity index (χ2n) is 1.21. The van der Waals surface area contributed by atoms with Crippen LogP contribution in [0.1, 0.15) is 5.69 Å². The molecule has 0 bridgehead atoms. The van der Waals surface area contributed by atoms with Crippen molar-refractivity contribution in [2.45, 2.75) is 0 Å². The van der Waals surface area contributed by atoms with Crippen LogP contribution < -0.4 is 0 Å². The number of aromatic nitrogens is 1. The molecule has 8 heavy (non-hydrogen) atoms. The van der Waals surface area contributed by atoms with Gasteiger partial charge in [-0.3, -0.25) is 0 Å². The first-order chi connectivity index (χ1) is 3.93. The van der Waals surface area contributed by atoms with E-state index in [4.69, 9.17) is 0 Å². The molecule has 1 aromatic heterocycles. The molecule has 42 valence electrons. The predicted octanol–water partition coefficient (Wildman–Crippen LogP) is 2.04. The van der Waals surface area contributed by atoms with Gasteiger partial charge < -0.3 is 4.42 Å². The number of halogens is 1. The van der Waals surface area contributed by atoms with E-state index in [1.807, 2.05) is 0 Å². The topological polar surface area (TPSA) is 26.0 Å². The molecular formula is C5H4BrNO. The summed E-state index contributed by atoms with van der Waals surface area (Å²) in [5.41, 5.74) is 0.821. The van der Waals surface area contributed by atoms with Crippen LogP contribution in [0.4, 0.5) is 0 Å². The van der Waals surface area contributed by atoms with E-state index in [1.165, 1.54) is 6.39 Å². The van der Waals surface area contributed by atoms with Crippen LogP contribution in [0.2, 0.25) is 0 Å². The Morgan fingerprint density at radius 2 is 2.62 bits per heavy atom. The van der Waals surface area contributed by atoms with Crippen LogP contribution in [0.3, 0.4) is 0 Å². The first kappa shape index (κ1) is 5.56. The first-order valence-corrected chi connectivity index (χ1v) is 3.00. The molecule has 0 aliphatic carbocycles. The lowest BCUT2D eigenvalue weighted by Crippen LogP contribution is -1.62. The Morgan fingerprint density at radius 3 is 3.12 bits per heavy atom. The maximum Gasteiger partial charge on any atom is 0.181 e. The Morgan fingerprint density at radius 1 is 1.75 bits per heavy atom. The van der Waals surface area contributed by atoms with Crippen molar-refractivity contribution in [3.8, 4) is 0 Å². The zero-order valence-corrected chi connectivity index (χ0v) is 5.63. The lowest BCUT2D eigenvalue weighted by Gasteiger charge is -1.70. The summed E-state index contributed by atoms with van der Waals surface area (Å²) in [6.45, 7) is 0. The summed E-state index contributed by atoms with van der Waals surface area (Å²) in [5.74, 6) is 0. The number of oxazole rings is 1. The minimum Gasteiger partial charge on any atom is -0.451 e. The molecule has 0 radical (unpaired) electrons. The molecule has 0 aliphatic heterocycles. The molecule has 3 heteroatoms. The van der Waals surface area contributed by atoms with E-state index >= 15 is 0 Å². The van der Waals surface area contributed by atoms with Crippen molar-refractivity contribution in [3.63, 3.8) is 0 Å². The van der Waals surface area contributed by atoms with Gasteiger partial charge in [-0.15, -0.1) is 0 Å². The predicted molar refractivity (Wildman–Crippen MR) is 34.5 cm³/mol. The molecule has 0 fully saturated rings. The highest BCUT2D eigenvalue weighted by atomic mass is 79.9. The Hall–Kier alpha value is -0.570. The van der Waals surface area contributed by atoms with Crippen molar-refractivity contribution in [2.75, 3.05) is 0 Å². The molecule has 1 heterocycles. The summed E-state index contributed by atoms with van der Waals surface area (Å²) in [5, 5.41) is 0. The minimum absolute atomic E-state index is 0.821. The van der Waals surface area contributed by atoms with E-state index in [2.05, 4.69) is 25.3 Å². The molecule has 2 nitrogen and oxygen atoms in total. The average molecular weight is 174 g/mol. The van der Waals surface area contributed by atoms with Gasteiger partial charge in [-0.1, -0.05) is 15.9 Å². The number of rotatable bonds is 1. The second kappa shape index (κ2) is 2.67. The number of nitrogens with zero attached hydrogens (tertiary/aromatic N) is 1. The van der Waals surface area contributed by atoms with E-state index in [9.17, 15) is 0 Å². The Kier molecular flexibility index (Phi) is 1.86. The van der Waals surface area contributed by atoms with E-state index < -0.39 is 0 Å². The molecule has 0 spiro atoms. The van der Waals surface area contributed by atoms with Crippen molar-refractivity contribution in [1.29, 1.82) is 0 Å². The maximum atomic E-state index is 4.68. The van der Waals surface area contributed by atoms with Crippen molar-refractivity contribution in [1.82, 2.24) is 4.98 Å². The van der Waals surface area contributed by atoms with Crippen LogP contribution in [0, 0.1) is 0 Å². The highest BCUT2D eigenvalue weighted by Gasteiger charge is 1.83. The van der Waals surface area contributed by atoms with E-state index in [-0.39, 0.29) is 0 Å². The molecule has 0 saturated heterocycles. The average Bonchev–Trinajstić information content (AvgIpc) is 2.19. The Bertz CT molecular complexity index is 169. The Balaban J connectivity index is 2.77. The van der Waals surface area contributed by atoms with Crippen LogP contribution in [0.25, 0.3) is 6.08 Å². The smallest absolute Gasteiger partial charge is 0.181 e. The lowest BCUT2D eigenvalue weighted by atomic mass is 10.5. The molecule has 1 rings (SSSR count). The van der Waals surface area contributed by atoms with Gasteiger partial charge in [-0.25, -0.2) is 4.98 Å². The molecule has 0 aromatic carbocycles. The van der Waals surface area contributed by atoms with Gasteiger partial charge in [0.15, 0.2) is 6.39 Å². The SMILES string of the molecule is Br/C=C/c1cocn1. The third kappa shape index (κ3) is 1.20. The standard InChI is InChI=1S/C5H4BrNO/c6-2-1-5-3-8-4-7-5/h1-4H/b2-1+. The van der Waals surface area contributed by atoms with Crippen molar-refractivity contribution >= 4 is 22.0 Å². The fourth-order valence-electron chi connectivity index (χ4n) is 0.369. The monoisotopic (exact) mass is 173 g/mol. The highest BCUT2D eigenvalue weighted by molar-refractivity contribution is 9.11. The normalized spacial score (nSPS) is 10.6. The van der Waals surface area contributed by atoms with Gasteiger partial charge in [-0.05, 0) is 11.1 Å². The largest absolute Gasteiger partial charge is 0.451 e. The molecule has 0 saturated carbocycles. The van der Waals surface area contributed by atoms with Gasteiger partial charge in [-0.2, -0.15) is 0 Å². The van der Waals surface area contributed by atoms with E-state index in [1.54, 1.807) is 17.3 Å². The molecule has 0 aliphatic rings. The Labute approximate surface area is 55.4 Å². The van der Waals surface area contributed by atoms with Crippen LogP contribution in [0.15, 0.2) is 22.1 Å². The summed E-state index contributed by atoms with van der Waals surface area (Å²) in [6.07, 6.45) is 4.75. The van der Waals surface area contributed by atoms with Gasteiger partial charge in [0, 0.05) is 0 Å². The summed E-state index contributed by atoms with van der Waals surface area (Å²) in [7, 11) is 0. The van der Waals surface area contributed by atoms with Crippen molar-refractivity contribution in [2.24, 2.45) is 0 Å². The molecular weight excluding hydrogens is 170 g/mol. The summed E-state index contributed by atoms with van der Waals surface area (Å²) in [4.78, 5) is 5.55. The molecule has 0 N–H and O–H groups in total. The minimum atomic E-state index is 0.821. The summed E-state index contributed by atoms with van der Waals surface area (Å²) < 4.78 is 4.68. The van der Waals surface area contributed by atoms with Gasteiger partial charge >= 0.3 is 0 Å². The molecule has 0 unspecified atom stereocenters. The first-order valence-electron chi connectivity index (χ1n) is 2.08. The lowest BCUT2D eigenvalue weighted by molar-refractivity contribution is 0.557. The van der Waals surface area contributed by atoms with Crippen molar-refractivity contribution in [3.05, 3.63) is 23.3 Å². The zero-order chi connectivity index (χ0) is 5.82. The second-order valence-corrected chi connectivity index (χ2v) is 1.73. The van der Waals surface area contributed by atoms with Crippen molar-refractivity contribution < 1.29 is 4.42 Å². The van der Waals surface area contributed by atoms with Crippen LogP contribution in [-0.4, -0.2) is 4.98 Å². The van der Waals surface area contributed by atoms with Crippen LogP contribution in [0.5, 0.6) is 0 Å². The summed E-state index contributed by atoms with van der Waals surface area (Å²) >= 11 is 3.11. The molecule has 0 atom stereocenters. The maximum absolute atomic E-state index is 4.68. The zero-order valence-electron chi connectivity index (χ0n) is 4.04. The fourth-order valence-corrected chi connectivity index (χ4v) is 0.640. The van der Waals surface area contributed by atoms with Crippen LogP contribution >= 0.6 is 15.9 Å².